The van der Waals surface area contributed by atoms with Crippen molar-refractivity contribution in [3.63, 3.8) is 0 Å². The minimum absolute atomic E-state index is 0.162. The second-order valence-electron chi connectivity index (χ2n) is 7.63. The van der Waals surface area contributed by atoms with Gasteiger partial charge in [0.25, 0.3) is 11.8 Å². The normalized spacial score (nSPS) is 35.6. The van der Waals surface area contributed by atoms with Crippen LogP contribution in [0.1, 0.15) is 12.0 Å². The Hall–Kier alpha value is -2.15. The largest absolute Gasteiger partial charge is 0.493 e. The molecular formula is C20H19BrN2O4. The highest BCUT2D eigenvalue weighted by molar-refractivity contribution is 9.10. The first kappa shape index (κ1) is 17.0. The van der Waals surface area contributed by atoms with Crippen LogP contribution >= 0.6 is 15.9 Å². The lowest BCUT2D eigenvalue weighted by Crippen LogP contribution is -2.40. The van der Waals surface area contributed by atoms with Gasteiger partial charge < -0.3 is 9.47 Å². The molecule has 0 spiro atoms. The predicted molar refractivity (Wildman–Crippen MR) is 101 cm³/mol. The molecule has 0 N–H and O–H groups in total. The van der Waals surface area contributed by atoms with Crippen LogP contribution in [0.25, 0.3) is 0 Å². The van der Waals surface area contributed by atoms with Crippen LogP contribution in [0.2, 0.25) is 0 Å². The van der Waals surface area contributed by atoms with Crippen molar-refractivity contribution >= 4 is 34.0 Å². The Morgan fingerprint density at radius 2 is 1.70 bits per heavy atom. The molecule has 2 amide bonds. The first-order chi connectivity index (χ1) is 13.0. The maximum Gasteiger partial charge on any atom is 0.254 e. The zero-order chi connectivity index (χ0) is 18.9. The number of carbonyl (C=O) groups is 2. The molecule has 1 heterocycles. The summed E-state index contributed by atoms with van der Waals surface area (Å²) in [5.41, 5.74) is 0.707. The van der Waals surface area contributed by atoms with E-state index in [-0.39, 0.29) is 35.5 Å². The van der Waals surface area contributed by atoms with E-state index in [1.54, 1.807) is 20.3 Å². The maximum absolute atomic E-state index is 12.9. The van der Waals surface area contributed by atoms with Gasteiger partial charge >= 0.3 is 0 Å². The van der Waals surface area contributed by atoms with Crippen molar-refractivity contribution in [2.75, 3.05) is 14.2 Å². The zero-order valence-electron chi connectivity index (χ0n) is 15.0. The molecule has 7 heteroatoms. The number of rotatable bonds is 4. The van der Waals surface area contributed by atoms with E-state index in [1.165, 1.54) is 6.21 Å². The number of hydrogen-bond acceptors (Lipinski definition) is 5. The van der Waals surface area contributed by atoms with Gasteiger partial charge in [-0.15, -0.1) is 0 Å². The van der Waals surface area contributed by atoms with Gasteiger partial charge in [0.15, 0.2) is 11.5 Å². The standard InChI is InChI=1S/C20H19BrN2O4/c1-26-15-6-9(5-14(21)18(15)27-2)8-22-23-19(24)16-10-3-4-11(13-7-12(10)13)17(16)20(23)25/h3-6,8,10-13,16-17H,7H2,1-2H3/b22-8-/t10-,11-,12-,13-,16-,17+/m1/s1. The number of hydrazone groups is 1. The van der Waals surface area contributed by atoms with Crippen molar-refractivity contribution in [2.45, 2.75) is 6.42 Å². The first-order valence-electron chi connectivity index (χ1n) is 9.06. The van der Waals surface area contributed by atoms with Gasteiger partial charge in [-0.2, -0.15) is 10.1 Å². The average molecular weight is 431 g/mol. The molecule has 2 bridgehead atoms. The van der Waals surface area contributed by atoms with Crippen molar-refractivity contribution < 1.29 is 19.1 Å². The minimum atomic E-state index is -0.231. The van der Waals surface area contributed by atoms with Crippen LogP contribution in [0, 0.1) is 35.5 Å². The molecule has 4 aliphatic carbocycles. The number of carbonyl (C=O) groups excluding carboxylic acids is 2. The van der Waals surface area contributed by atoms with Crippen molar-refractivity contribution in [3.05, 3.63) is 34.3 Å². The molecule has 140 valence electrons. The fourth-order valence-corrected chi connectivity index (χ4v) is 5.81. The molecule has 0 unspecified atom stereocenters. The van der Waals surface area contributed by atoms with Crippen LogP contribution in [0.15, 0.2) is 33.9 Å². The van der Waals surface area contributed by atoms with E-state index in [0.29, 0.717) is 33.4 Å². The first-order valence-corrected chi connectivity index (χ1v) is 9.86. The van der Waals surface area contributed by atoms with E-state index in [1.807, 2.05) is 6.07 Å². The molecule has 0 radical (unpaired) electrons. The Morgan fingerprint density at radius 1 is 1.07 bits per heavy atom. The molecule has 6 atom stereocenters. The molecule has 6 nitrogen and oxygen atoms in total. The summed E-state index contributed by atoms with van der Waals surface area (Å²) in [6.07, 6.45) is 6.99. The molecular weight excluding hydrogens is 412 g/mol. The maximum atomic E-state index is 12.9. The SMILES string of the molecule is COc1cc(/C=N\N2C(=O)[C@@H]3[C@@H]4C=C[C@H]([C@H]5C[C@H]45)[C@@H]3C2=O)cc(Br)c1OC. The van der Waals surface area contributed by atoms with Gasteiger partial charge in [0.05, 0.1) is 36.7 Å². The molecule has 3 fully saturated rings. The van der Waals surface area contributed by atoms with E-state index in [2.05, 4.69) is 33.2 Å². The molecule has 1 aromatic carbocycles. The van der Waals surface area contributed by atoms with Crippen LogP contribution in [0.4, 0.5) is 0 Å². The van der Waals surface area contributed by atoms with E-state index in [0.717, 1.165) is 11.4 Å². The number of allylic oxidation sites excluding steroid dienone is 2. The third-order valence-corrected chi connectivity index (χ3v) is 7.01. The van der Waals surface area contributed by atoms with Gasteiger partial charge in [0.1, 0.15) is 0 Å². The smallest absolute Gasteiger partial charge is 0.254 e. The Kier molecular flexibility index (Phi) is 3.73. The fourth-order valence-electron chi connectivity index (χ4n) is 5.19. The highest BCUT2D eigenvalue weighted by Crippen LogP contribution is 2.65. The summed E-state index contributed by atoms with van der Waals surface area (Å²) >= 11 is 3.44. The number of methoxy groups -OCH3 is 2. The van der Waals surface area contributed by atoms with Crippen molar-refractivity contribution in [1.29, 1.82) is 0 Å². The number of nitrogens with zero attached hydrogens (tertiary/aromatic N) is 2. The van der Waals surface area contributed by atoms with E-state index in [9.17, 15) is 9.59 Å². The highest BCUT2D eigenvalue weighted by atomic mass is 79.9. The monoisotopic (exact) mass is 430 g/mol. The Bertz CT molecular complexity index is 875. The molecule has 2 saturated carbocycles. The van der Waals surface area contributed by atoms with Crippen LogP contribution in [0.3, 0.4) is 0 Å². The summed E-state index contributed by atoms with van der Waals surface area (Å²) in [6.45, 7) is 0. The molecule has 1 aliphatic heterocycles. The third-order valence-electron chi connectivity index (χ3n) is 6.42. The van der Waals surface area contributed by atoms with Gasteiger partial charge in [-0.3, -0.25) is 9.59 Å². The van der Waals surface area contributed by atoms with Crippen molar-refractivity contribution in [1.82, 2.24) is 5.01 Å². The number of halogens is 1. The number of ether oxygens (including phenoxy) is 2. The van der Waals surface area contributed by atoms with Crippen molar-refractivity contribution in [3.8, 4) is 11.5 Å². The Morgan fingerprint density at radius 3 is 2.26 bits per heavy atom. The van der Waals surface area contributed by atoms with Gasteiger partial charge in [0.2, 0.25) is 0 Å². The quantitative estimate of drug-likeness (QED) is 0.418. The number of benzene rings is 1. The van der Waals surface area contributed by atoms with Gasteiger partial charge in [-0.1, -0.05) is 12.2 Å². The van der Waals surface area contributed by atoms with E-state index >= 15 is 0 Å². The predicted octanol–water partition coefficient (Wildman–Crippen LogP) is 2.85. The number of amides is 2. The van der Waals surface area contributed by atoms with Crippen LogP contribution in [-0.4, -0.2) is 37.3 Å². The summed E-state index contributed by atoms with van der Waals surface area (Å²) in [6, 6.07) is 3.56. The number of hydrogen-bond donors (Lipinski definition) is 0. The Labute approximate surface area is 165 Å². The van der Waals surface area contributed by atoms with Gasteiger partial charge in [-0.25, -0.2) is 0 Å². The van der Waals surface area contributed by atoms with Crippen LogP contribution in [-0.2, 0) is 9.59 Å². The topological polar surface area (TPSA) is 68.2 Å². The molecule has 0 aromatic heterocycles. The summed E-state index contributed by atoms with van der Waals surface area (Å²) in [7, 11) is 3.12. The molecule has 5 aliphatic rings. The fraction of sp³-hybridized carbons (Fsp3) is 0.450. The van der Waals surface area contributed by atoms with Crippen molar-refractivity contribution in [2.24, 2.45) is 40.6 Å². The second-order valence-corrected chi connectivity index (χ2v) is 8.48. The van der Waals surface area contributed by atoms with E-state index in [4.69, 9.17) is 9.47 Å². The lowest BCUT2D eigenvalue weighted by molar-refractivity contribution is -0.140. The summed E-state index contributed by atoms with van der Waals surface area (Å²) in [5.74, 6) is 1.92. The highest BCUT2D eigenvalue weighted by Gasteiger charge is 2.67. The third kappa shape index (κ3) is 2.33. The van der Waals surface area contributed by atoms with Gasteiger partial charge in [-0.05, 0) is 63.7 Å². The van der Waals surface area contributed by atoms with Gasteiger partial charge in [0, 0.05) is 0 Å². The summed E-state index contributed by atoms with van der Waals surface area (Å²) in [5, 5.41) is 5.33. The lowest BCUT2D eigenvalue weighted by atomic mass is 9.63. The molecule has 1 aromatic rings. The molecule has 6 rings (SSSR count). The zero-order valence-corrected chi connectivity index (χ0v) is 16.5. The lowest BCUT2D eigenvalue weighted by Gasteiger charge is -2.37. The second kappa shape index (κ2) is 5.92. The average Bonchev–Trinajstić information content (AvgIpc) is 3.45. The van der Waals surface area contributed by atoms with E-state index < -0.39 is 0 Å². The minimum Gasteiger partial charge on any atom is -0.493 e. The van der Waals surface area contributed by atoms with Crippen LogP contribution < -0.4 is 9.47 Å². The molecule has 1 saturated heterocycles. The van der Waals surface area contributed by atoms with Crippen LogP contribution in [0.5, 0.6) is 11.5 Å². The number of imide groups is 1. The summed E-state index contributed by atoms with van der Waals surface area (Å²) < 4.78 is 11.3. The molecule has 27 heavy (non-hydrogen) atoms. The Balaban J connectivity index is 1.43. The summed E-state index contributed by atoms with van der Waals surface area (Å²) in [4.78, 5) is 25.8.